The Morgan fingerprint density at radius 2 is 1.76 bits per heavy atom. The number of rotatable bonds is 6. The van der Waals surface area contributed by atoms with E-state index >= 15 is 0 Å². The highest BCUT2D eigenvalue weighted by molar-refractivity contribution is 6.02. The largest absolute Gasteiger partial charge is 0.451 e. The van der Waals surface area contributed by atoms with Crippen molar-refractivity contribution in [2.75, 3.05) is 25.5 Å². The second kappa shape index (κ2) is 8.55. The summed E-state index contributed by atoms with van der Waals surface area (Å²) in [5, 5.41) is 10.1. The molecular weight excluding hydrogens is 372 g/mol. The number of esters is 1. The number of hydrogen-bond acceptors (Lipinski definition) is 5. The molecule has 0 aliphatic heterocycles. The van der Waals surface area contributed by atoms with Crippen molar-refractivity contribution in [3.63, 3.8) is 0 Å². The van der Waals surface area contributed by atoms with E-state index in [1.54, 1.807) is 18.2 Å². The first-order chi connectivity index (χ1) is 13.9. The summed E-state index contributed by atoms with van der Waals surface area (Å²) in [4.78, 5) is 38.0. The average Bonchev–Trinajstić information content (AvgIpc) is 3.13. The average molecular weight is 394 g/mol. The predicted octanol–water partition coefficient (Wildman–Crippen LogP) is 2.43. The zero-order valence-electron chi connectivity index (χ0n) is 16.5. The maximum absolute atomic E-state index is 12.3. The molecule has 1 heterocycles. The minimum absolute atomic E-state index is 0.115. The summed E-state index contributed by atoms with van der Waals surface area (Å²) in [6.45, 7) is 3.16. The number of nitrogens with one attached hydrogen (secondary N) is 2. The van der Waals surface area contributed by atoms with Crippen molar-refractivity contribution in [2.24, 2.45) is 0 Å². The molecule has 8 heteroatoms. The second-order valence-corrected chi connectivity index (χ2v) is 6.76. The van der Waals surface area contributed by atoms with Crippen molar-refractivity contribution in [3.8, 4) is 0 Å². The lowest BCUT2D eigenvalue weighted by Crippen LogP contribution is -2.37. The lowest BCUT2D eigenvalue weighted by Gasteiger charge is -2.18. The molecule has 0 bridgehead atoms. The topological polar surface area (TPSA) is 104 Å². The number of aromatic nitrogens is 2. The first-order valence-electron chi connectivity index (χ1n) is 9.07. The van der Waals surface area contributed by atoms with Gasteiger partial charge in [-0.1, -0.05) is 36.4 Å². The highest BCUT2D eigenvalue weighted by atomic mass is 16.5. The van der Waals surface area contributed by atoms with E-state index in [9.17, 15) is 14.4 Å². The van der Waals surface area contributed by atoms with E-state index in [-0.39, 0.29) is 18.1 Å². The van der Waals surface area contributed by atoms with Crippen LogP contribution in [0.15, 0.2) is 42.5 Å². The lowest BCUT2D eigenvalue weighted by atomic mass is 10.1. The Morgan fingerprint density at radius 1 is 1.07 bits per heavy atom. The van der Waals surface area contributed by atoms with E-state index in [0.29, 0.717) is 10.9 Å². The van der Waals surface area contributed by atoms with Gasteiger partial charge in [0.05, 0.1) is 12.1 Å². The fourth-order valence-electron chi connectivity index (χ4n) is 2.92. The molecule has 3 rings (SSSR count). The van der Waals surface area contributed by atoms with E-state index in [2.05, 4.69) is 15.5 Å². The Labute approximate surface area is 167 Å². The normalized spacial score (nSPS) is 10.6. The monoisotopic (exact) mass is 394 g/mol. The van der Waals surface area contributed by atoms with Gasteiger partial charge in [0.1, 0.15) is 0 Å². The van der Waals surface area contributed by atoms with Gasteiger partial charge >= 0.3 is 5.97 Å². The Kier molecular flexibility index (Phi) is 5.92. The van der Waals surface area contributed by atoms with Crippen molar-refractivity contribution < 1.29 is 19.1 Å². The van der Waals surface area contributed by atoms with Crippen LogP contribution in [0.3, 0.4) is 0 Å². The van der Waals surface area contributed by atoms with Crippen molar-refractivity contribution in [2.45, 2.75) is 13.8 Å². The van der Waals surface area contributed by atoms with Crippen LogP contribution in [0.2, 0.25) is 0 Å². The quantitative estimate of drug-likeness (QED) is 0.625. The van der Waals surface area contributed by atoms with Crippen LogP contribution >= 0.6 is 0 Å². The van der Waals surface area contributed by atoms with Gasteiger partial charge < -0.3 is 15.0 Å². The molecule has 0 fully saturated rings. The predicted molar refractivity (Wildman–Crippen MR) is 109 cm³/mol. The van der Waals surface area contributed by atoms with E-state index < -0.39 is 18.5 Å². The second-order valence-electron chi connectivity index (χ2n) is 6.76. The number of carbonyl (C=O) groups excluding carboxylic acids is 3. The van der Waals surface area contributed by atoms with Crippen molar-refractivity contribution in [3.05, 3.63) is 59.3 Å². The molecule has 2 aromatic carbocycles. The van der Waals surface area contributed by atoms with E-state index in [1.807, 2.05) is 38.1 Å². The Morgan fingerprint density at radius 3 is 2.48 bits per heavy atom. The smallest absolute Gasteiger partial charge is 0.359 e. The third kappa shape index (κ3) is 4.60. The number of nitrogens with zero attached hydrogens (tertiary/aromatic N) is 2. The molecule has 29 heavy (non-hydrogen) atoms. The lowest BCUT2D eigenvalue weighted by molar-refractivity contribution is -0.136. The molecule has 150 valence electrons. The standard InChI is InChI=1S/C21H22N4O4/c1-13-7-6-8-14(2)19(13)22-17(26)11-25(3)18(27)12-29-21(28)20-15-9-4-5-10-16(15)23-24-20/h4-10H,11-12H2,1-3H3,(H,22,26)(H,23,24). The molecule has 0 saturated heterocycles. The van der Waals surface area contributed by atoms with Crippen LogP contribution in [0.5, 0.6) is 0 Å². The number of fused-ring (bicyclic) bond motifs is 1. The third-order valence-corrected chi connectivity index (χ3v) is 4.54. The Hall–Kier alpha value is -3.68. The summed E-state index contributed by atoms with van der Waals surface area (Å²) >= 11 is 0. The number of likely N-dealkylation sites (N-methyl/N-ethyl adjacent to an activating group) is 1. The molecule has 0 saturated carbocycles. The summed E-state index contributed by atoms with van der Waals surface area (Å²) in [5.74, 6) is -1.53. The van der Waals surface area contributed by atoms with Gasteiger partial charge in [-0.25, -0.2) is 4.79 Å². The molecule has 2 N–H and O–H groups in total. The molecule has 0 unspecified atom stereocenters. The number of anilines is 1. The number of aryl methyl sites for hydroxylation is 2. The maximum Gasteiger partial charge on any atom is 0.359 e. The fraction of sp³-hybridized carbons (Fsp3) is 0.238. The molecule has 2 amide bonds. The van der Waals surface area contributed by atoms with Gasteiger partial charge in [-0.05, 0) is 31.0 Å². The number of benzene rings is 2. The molecule has 0 aliphatic carbocycles. The zero-order valence-corrected chi connectivity index (χ0v) is 16.5. The number of hydrogen-bond donors (Lipinski definition) is 2. The van der Waals surface area contributed by atoms with Crippen molar-refractivity contribution in [1.29, 1.82) is 0 Å². The zero-order chi connectivity index (χ0) is 21.0. The third-order valence-electron chi connectivity index (χ3n) is 4.54. The SMILES string of the molecule is Cc1cccc(C)c1NC(=O)CN(C)C(=O)COC(=O)c1n[nH]c2ccccc12. The minimum Gasteiger partial charge on any atom is -0.451 e. The van der Waals surface area contributed by atoms with Crippen LogP contribution in [-0.4, -0.2) is 53.1 Å². The number of ether oxygens (including phenoxy) is 1. The van der Waals surface area contributed by atoms with E-state index in [1.165, 1.54) is 11.9 Å². The van der Waals surface area contributed by atoms with Crippen molar-refractivity contribution >= 4 is 34.4 Å². The van der Waals surface area contributed by atoms with Crippen LogP contribution in [0, 0.1) is 13.8 Å². The Balaban J connectivity index is 1.54. The molecule has 1 aromatic heterocycles. The highest BCUT2D eigenvalue weighted by Crippen LogP contribution is 2.19. The molecule has 3 aromatic rings. The van der Waals surface area contributed by atoms with Gasteiger partial charge in [0.2, 0.25) is 5.91 Å². The Bertz CT molecular complexity index is 1050. The van der Waals surface area contributed by atoms with E-state index in [4.69, 9.17) is 4.74 Å². The molecule has 0 spiro atoms. The summed E-state index contributed by atoms with van der Waals surface area (Å²) in [6.07, 6.45) is 0. The van der Waals surface area contributed by atoms with Crippen LogP contribution in [0.25, 0.3) is 10.9 Å². The van der Waals surface area contributed by atoms with Crippen molar-refractivity contribution in [1.82, 2.24) is 15.1 Å². The number of para-hydroxylation sites is 2. The number of carbonyl (C=O) groups is 3. The van der Waals surface area contributed by atoms with Gasteiger partial charge in [0, 0.05) is 18.1 Å². The summed E-state index contributed by atoms with van der Waals surface area (Å²) < 4.78 is 5.07. The molecule has 8 nitrogen and oxygen atoms in total. The van der Waals surface area contributed by atoms with Crippen LogP contribution < -0.4 is 5.32 Å². The first kappa shape index (κ1) is 20.1. The number of amides is 2. The maximum atomic E-state index is 12.3. The molecule has 0 aliphatic rings. The summed E-state index contributed by atoms with van der Waals surface area (Å²) in [6, 6.07) is 12.8. The number of H-pyrrole nitrogens is 1. The minimum atomic E-state index is -0.704. The van der Waals surface area contributed by atoms with Gasteiger partial charge in [0.15, 0.2) is 12.3 Å². The summed E-state index contributed by atoms with van der Waals surface area (Å²) in [7, 11) is 1.48. The molecular formula is C21H22N4O4. The molecule has 0 radical (unpaired) electrons. The summed E-state index contributed by atoms with van der Waals surface area (Å²) in [5.41, 5.74) is 3.42. The van der Waals surface area contributed by atoms with Crippen LogP contribution in [0.1, 0.15) is 21.6 Å². The van der Waals surface area contributed by atoms with Gasteiger partial charge in [-0.15, -0.1) is 0 Å². The van der Waals surface area contributed by atoms with Crippen LogP contribution in [0.4, 0.5) is 5.69 Å². The first-order valence-corrected chi connectivity index (χ1v) is 9.07. The highest BCUT2D eigenvalue weighted by Gasteiger charge is 2.19. The van der Waals surface area contributed by atoms with Gasteiger partial charge in [-0.2, -0.15) is 5.10 Å². The molecule has 0 atom stereocenters. The van der Waals surface area contributed by atoms with Gasteiger partial charge in [0.25, 0.3) is 5.91 Å². The fourth-order valence-corrected chi connectivity index (χ4v) is 2.92. The van der Waals surface area contributed by atoms with E-state index in [0.717, 1.165) is 16.8 Å². The van der Waals surface area contributed by atoms with Gasteiger partial charge in [-0.3, -0.25) is 14.7 Å². The number of aromatic amines is 1. The van der Waals surface area contributed by atoms with Crippen LogP contribution in [-0.2, 0) is 14.3 Å².